The molecular weight excluding hydrogens is 503 g/mol. The van der Waals surface area contributed by atoms with Gasteiger partial charge in [-0.15, -0.1) is 11.3 Å². The molecule has 0 aliphatic heterocycles. The van der Waals surface area contributed by atoms with Crippen LogP contribution in [0, 0.1) is 5.95 Å². The molecule has 2 heterocycles. The van der Waals surface area contributed by atoms with E-state index in [0.29, 0.717) is 15.8 Å². The third-order valence-corrected chi connectivity index (χ3v) is 8.90. The van der Waals surface area contributed by atoms with Crippen molar-refractivity contribution in [2.24, 2.45) is 0 Å². The van der Waals surface area contributed by atoms with Crippen molar-refractivity contribution < 1.29 is 22.4 Å². The normalized spacial score (nSPS) is 14.4. The van der Waals surface area contributed by atoms with E-state index in [1.165, 1.54) is 24.4 Å². The summed E-state index contributed by atoms with van der Waals surface area (Å²) in [4.78, 5) is 33.4. The fourth-order valence-corrected chi connectivity index (χ4v) is 6.68. The molecule has 2 N–H and O–H groups in total. The summed E-state index contributed by atoms with van der Waals surface area (Å²) in [6, 6.07) is 15.9. The first kappa shape index (κ1) is 24.0. The molecule has 1 aliphatic carbocycles. The lowest BCUT2D eigenvalue weighted by atomic mass is 10.1. The van der Waals surface area contributed by atoms with E-state index in [2.05, 4.69) is 20.6 Å². The molecule has 1 unspecified atom stereocenters. The van der Waals surface area contributed by atoms with Crippen LogP contribution >= 0.6 is 11.3 Å². The van der Waals surface area contributed by atoms with Crippen LogP contribution in [-0.4, -0.2) is 42.8 Å². The Morgan fingerprint density at radius 1 is 1.06 bits per heavy atom. The largest absolute Gasteiger partial charge is 0.352 e. The number of fused-ring (bicyclic) bond motifs is 1. The van der Waals surface area contributed by atoms with Crippen LogP contribution < -0.4 is 10.6 Å². The zero-order valence-electron chi connectivity index (χ0n) is 18.8. The fraction of sp³-hybridized carbons (Fsp3) is 0.200. The van der Waals surface area contributed by atoms with Gasteiger partial charge in [-0.1, -0.05) is 24.3 Å². The maximum Gasteiger partial charge on any atom is 0.246 e. The Labute approximate surface area is 210 Å². The Morgan fingerprint density at radius 3 is 2.50 bits per heavy atom. The van der Waals surface area contributed by atoms with E-state index in [4.69, 9.17) is 0 Å². The number of nitrogens with zero attached hydrogens (tertiary/aromatic N) is 2. The zero-order chi connectivity index (χ0) is 25.3. The van der Waals surface area contributed by atoms with Crippen LogP contribution in [0.4, 0.5) is 4.39 Å². The number of pyridine rings is 1. The van der Waals surface area contributed by atoms with Gasteiger partial charge in [-0.25, -0.2) is 18.4 Å². The number of nitrogens with one attached hydrogen (secondary N) is 2. The Kier molecular flexibility index (Phi) is 6.50. The number of hydrogen-bond acceptors (Lipinski definition) is 7. The summed E-state index contributed by atoms with van der Waals surface area (Å²) in [7, 11) is -4.17. The fourth-order valence-electron chi connectivity index (χ4n) is 3.68. The van der Waals surface area contributed by atoms with Gasteiger partial charge in [0.15, 0.2) is 15.1 Å². The second-order valence-electron chi connectivity index (χ2n) is 8.40. The summed E-state index contributed by atoms with van der Waals surface area (Å²) in [6.45, 7) is -0.331. The van der Waals surface area contributed by atoms with Crippen molar-refractivity contribution >= 4 is 43.2 Å². The average Bonchev–Trinajstić information content (AvgIpc) is 3.59. The molecule has 0 saturated heterocycles. The summed E-state index contributed by atoms with van der Waals surface area (Å²) in [5.74, 6) is -1.79. The minimum absolute atomic E-state index is 0.0232. The van der Waals surface area contributed by atoms with Crippen LogP contribution in [0.2, 0.25) is 0 Å². The molecule has 8 nitrogen and oxygen atoms in total. The van der Waals surface area contributed by atoms with Crippen LogP contribution in [0.25, 0.3) is 21.3 Å². The van der Waals surface area contributed by atoms with Crippen LogP contribution in [0.3, 0.4) is 0 Å². The maximum atomic E-state index is 13.6. The lowest BCUT2D eigenvalue weighted by molar-refractivity contribution is -0.126. The van der Waals surface area contributed by atoms with Crippen LogP contribution in [0.15, 0.2) is 71.8 Å². The van der Waals surface area contributed by atoms with E-state index >= 15 is 0 Å². The van der Waals surface area contributed by atoms with Gasteiger partial charge in [0.2, 0.25) is 17.8 Å². The smallest absolute Gasteiger partial charge is 0.246 e. The number of hydrogen-bond donors (Lipinski definition) is 2. The van der Waals surface area contributed by atoms with Gasteiger partial charge in [-0.05, 0) is 54.8 Å². The van der Waals surface area contributed by atoms with Crippen molar-refractivity contribution in [2.45, 2.75) is 29.0 Å². The summed E-state index contributed by atoms with van der Waals surface area (Å²) >= 11 is 1.08. The van der Waals surface area contributed by atoms with Crippen molar-refractivity contribution in [3.05, 3.63) is 77.8 Å². The van der Waals surface area contributed by atoms with E-state index in [1.54, 1.807) is 42.5 Å². The highest BCUT2D eigenvalue weighted by atomic mass is 32.2. The topological polar surface area (TPSA) is 118 Å². The summed E-state index contributed by atoms with van der Waals surface area (Å²) in [6.07, 6.45) is 3.19. The quantitative estimate of drug-likeness (QED) is 0.341. The van der Waals surface area contributed by atoms with Crippen molar-refractivity contribution in [3.8, 4) is 11.1 Å². The number of carbonyl (C=O) groups excluding carboxylic acids is 2. The molecule has 36 heavy (non-hydrogen) atoms. The second-order valence-corrected chi connectivity index (χ2v) is 11.5. The van der Waals surface area contributed by atoms with Crippen molar-refractivity contribution in [1.82, 2.24) is 20.6 Å². The van der Waals surface area contributed by atoms with E-state index in [1.807, 2.05) is 0 Å². The van der Waals surface area contributed by atoms with Gasteiger partial charge in [0.25, 0.3) is 0 Å². The second kappa shape index (κ2) is 9.75. The minimum Gasteiger partial charge on any atom is -0.352 e. The highest BCUT2D eigenvalue weighted by molar-refractivity contribution is 7.92. The number of aromatic nitrogens is 2. The van der Waals surface area contributed by atoms with E-state index in [-0.39, 0.29) is 28.4 Å². The number of halogens is 1. The standard InChI is InChI=1S/C25H21FN4O4S2/c26-21-11-7-16(13-27-21)15-6-10-19-20(12-15)35-25(30-19)23(36(33,34)18-4-2-1-3-5-18)24(32)28-14-22(31)29-17-8-9-17/h1-7,10-13,17,23H,8-9,14H2,(H,28,32)(H,29,31). The summed E-state index contributed by atoms with van der Waals surface area (Å²) in [5, 5.41) is 3.68. The first-order valence-electron chi connectivity index (χ1n) is 11.2. The molecular formula is C25H21FN4O4S2. The molecule has 1 atom stereocenters. The maximum absolute atomic E-state index is 13.6. The predicted molar refractivity (Wildman–Crippen MR) is 133 cm³/mol. The lowest BCUT2D eigenvalue weighted by Crippen LogP contribution is -2.41. The molecule has 11 heteroatoms. The van der Waals surface area contributed by atoms with Gasteiger partial charge < -0.3 is 10.6 Å². The van der Waals surface area contributed by atoms with E-state index in [0.717, 1.165) is 29.7 Å². The first-order valence-corrected chi connectivity index (χ1v) is 13.6. The Balaban J connectivity index is 1.50. The Bertz CT molecular complexity index is 1540. The molecule has 2 aromatic carbocycles. The molecule has 5 rings (SSSR count). The molecule has 1 fully saturated rings. The number of thiazole rings is 1. The molecule has 4 aromatic rings. The van der Waals surface area contributed by atoms with Gasteiger partial charge in [0, 0.05) is 17.8 Å². The lowest BCUT2D eigenvalue weighted by Gasteiger charge is -2.15. The molecule has 0 spiro atoms. The molecule has 0 bridgehead atoms. The number of carbonyl (C=O) groups is 2. The van der Waals surface area contributed by atoms with Crippen molar-refractivity contribution in [1.29, 1.82) is 0 Å². The highest BCUT2D eigenvalue weighted by Crippen LogP contribution is 2.36. The van der Waals surface area contributed by atoms with Crippen molar-refractivity contribution in [2.75, 3.05) is 6.54 Å². The van der Waals surface area contributed by atoms with Crippen molar-refractivity contribution in [3.63, 3.8) is 0 Å². The summed E-state index contributed by atoms with van der Waals surface area (Å²) in [5.41, 5.74) is 1.94. The van der Waals surface area contributed by atoms with Gasteiger partial charge in [-0.3, -0.25) is 9.59 Å². The predicted octanol–water partition coefficient (Wildman–Crippen LogP) is 3.41. The van der Waals surface area contributed by atoms with Gasteiger partial charge in [0.05, 0.1) is 21.7 Å². The van der Waals surface area contributed by atoms with Crippen LogP contribution in [-0.2, 0) is 19.4 Å². The molecule has 1 saturated carbocycles. The Hall–Kier alpha value is -3.70. The minimum atomic E-state index is -4.17. The van der Waals surface area contributed by atoms with Gasteiger partial charge in [0.1, 0.15) is 5.01 Å². The summed E-state index contributed by atoms with van der Waals surface area (Å²) < 4.78 is 41.0. The number of rotatable bonds is 8. The molecule has 184 valence electrons. The number of sulfone groups is 1. The zero-order valence-corrected chi connectivity index (χ0v) is 20.5. The first-order chi connectivity index (χ1) is 17.3. The molecule has 0 radical (unpaired) electrons. The van der Waals surface area contributed by atoms with E-state index < -0.39 is 26.9 Å². The number of amides is 2. The molecule has 2 amide bonds. The van der Waals surface area contributed by atoms with Crippen LogP contribution in [0.1, 0.15) is 23.1 Å². The van der Waals surface area contributed by atoms with Gasteiger partial charge >= 0.3 is 0 Å². The highest BCUT2D eigenvalue weighted by Gasteiger charge is 2.38. The van der Waals surface area contributed by atoms with Gasteiger partial charge in [-0.2, -0.15) is 4.39 Å². The average molecular weight is 525 g/mol. The SMILES string of the molecule is O=C(CNC(=O)C(c1nc2ccc(-c3ccc(F)nc3)cc2s1)S(=O)(=O)c1ccccc1)NC1CC1. The van der Waals surface area contributed by atoms with Crippen LogP contribution in [0.5, 0.6) is 0 Å². The molecule has 2 aromatic heterocycles. The number of benzene rings is 2. The third-order valence-electron chi connectivity index (χ3n) is 5.68. The monoisotopic (exact) mass is 524 g/mol. The molecule has 1 aliphatic rings. The third kappa shape index (κ3) is 5.12. The van der Waals surface area contributed by atoms with E-state index in [9.17, 15) is 22.4 Å². The Morgan fingerprint density at radius 2 is 1.81 bits per heavy atom.